The molecule has 3 aromatic rings. The van der Waals surface area contributed by atoms with Crippen molar-refractivity contribution in [2.24, 2.45) is 4.99 Å². The average molecular weight is 464 g/mol. The summed E-state index contributed by atoms with van der Waals surface area (Å²) < 4.78 is 12.7. The number of carbonyl (C=O) groups excluding carboxylic acids is 1. The highest BCUT2D eigenvalue weighted by Gasteiger charge is 2.14. The van der Waals surface area contributed by atoms with E-state index in [9.17, 15) is 4.79 Å². The van der Waals surface area contributed by atoms with Crippen LogP contribution in [0.5, 0.6) is 11.5 Å². The van der Waals surface area contributed by atoms with E-state index >= 15 is 0 Å². The molecule has 0 saturated heterocycles. The van der Waals surface area contributed by atoms with Crippen molar-refractivity contribution >= 4 is 17.6 Å². The number of nitrogens with zero attached hydrogens (tertiary/aromatic N) is 3. The predicted octanol–water partition coefficient (Wildman–Crippen LogP) is 4.29. The van der Waals surface area contributed by atoms with Crippen molar-refractivity contribution in [1.82, 2.24) is 15.1 Å². The van der Waals surface area contributed by atoms with E-state index in [1.54, 1.807) is 38.5 Å². The fourth-order valence-corrected chi connectivity index (χ4v) is 3.76. The van der Waals surface area contributed by atoms with Gasteiger partial charge >= 0.3 is 0 Å². The normalized spacial score (nSPS) is 11.3. The molecular formula is C26H33N5O3. The number of aromatic nitrogens is 2. The maximum absolute atomic E-state index is 12.9. The summed E-state index contributed by atoms with van der Waals surface area (Å²) in [5.41, 5.74) is 5.62. The van der Waals surface area contributed by atoms with Gasteiger partial charge in [0.15, 0.2) is 0 Å². The highest BCUT2D eigenvalue weighted by Crippen LogP contribution is 2.25. The molecule has 0 fully saturated rings. The molecule has 2 aromatic carbocycles. The number of nitrogens with one attached hydrogen (secondary N) is 2. The van der Waals surface area contributed by atoms with E-state index in [0.717, 1.165) is 29.2 Å². The molecule has 0 saturated carbocycles. The Kier molecular flexibility index (Phi) is 8.29. The Balaban J connectivity index is 1.84. The monoisotopic (exact) mass is 463 g/mol. The number of rotatable bonds is 8. The maximum Gasteiger partial charge on any atom is 0.257 e. The summed E-state index contributed by atoms with van der Waals surface area (Å²) in [7, 11) is 3.20. The first-order chi connectivity index (χ1) is 16.4. The fourth-order valence-electron chi connectivity index (χ4n) is 3.76. The van der Waals surface area contributed by atoms with Gasteiger partial charge in [0, 0.05) is 24.3 Å². The molecule has 1 amide bonds. The first-order valence-electron chi connectivity index (χ1n) is 11.3. The standard InChI is InChI=1S/C26H33N5O3/c1-7-31-19(4)22(18(3)30-31)14-15-27-26(28-23-16-17(2)8-13-24(23)34-6)29-25(32)20-9-11-21(33-5)12-10-20/h8-13,16H,7,14-15H2,1-6H3,(H2,27,28,29,32). The van der Waals surface area contributed by atoms with E-state index in [4.69, 9.17) is 14.5 Å². The Morgan fingerprint density at radius 1 is 1.06 bits per heavy atom. The largest absolute Gasteiger partial charge is 0.497 e. The van der Waals surface area contributed by atoms with Gasteiger partial charge < -0.3 is 14.8 Å². The van der Waals surface area contributed by atoms with Crippen LogP contribution >= 0.6 is 0 Å². The van der Waals surface area contributed by atoms with Crippen LogP contribution in [0, 0.1) is 20.8 Å². The van der Waals surface area contributed by atoms with Crippen LogP contribution in [0.4, 0.5) is 5.69 Å². The summed E-state index contributed by atoms with van der Waals surface area (Å²) in [6.07, 6.45) is 0.714. The molecule has 0 aliphatic rings. The zero-order valence-corrected chi connectivity index (χ0v) is 20.7. The SMILES string of the molecule is CCn1nc(C)c(CCN=C(NC(=O)c2ccc(OC)cc2)Nc2cc(C)ccc2OC)c1C. The highest BCUT2D eigenvalue weighted by atomic mass is 16.5. The molecule has 8 heteroatoms. The van der Waals surface area contributed by atoms with E-state index in [2.05, 4.69) is 29.6 Å². The number of aryl methyl sites for hydroxylation is 3. The molecule has 2 N–H and O–H groups in total. The second-order valence-corrected chi connectivity index (χ2v) is 7.96. The minimum atomic E-state index is -0.272. The molecule has 3 rings (SSSR count). The number of ether oxygens (including phenoxy) is 2. The van der Waals surface area contributed by atoms with Crippen molar-refractivity contribution in [3.63, 3.8) is 0 Å². The van der Waals surface area contributed by atoms with Crippen LogP contribution in [0.1, 0.15) is 39.8 Å². The van der Waals surface area contributed by atoms with Gasteiger partial charge in [-0.1, -0.05) is 6.07 Å². The summed E-state index contributed by atoms with van der Waals surface area (Å²) >= 11 is 0. The molecule has 0 spiro atoms. The number of carbonyl (C=O) groups is 1. The number of methoxy groups -OCH3 is 2. The Labute approximate surface area is 201 Å². The average Bonchev–Trinajstić information content (AvgIpc) is 3.11. The zero-order chi connectivity index (χ0) is 24.7. The lowest BCUT2D eigenvalue weighted by atomic mass is 10.1. The lowest BCUT2D eigenvalue weighted by Gasteiger charge is -2.15. The Morgan fingerprint density at radius 3 is 2.41 bits per heavy atom. The van der Waals surface area contributed by atoms with E-state index in [0.29, 0.717) is 36.0 Å². The smallest absolute Gasteiger partial charge is 0.257 e. The molecule has 180 valence electrons. The second kappa shape index (κ2) is 11.4. The third kappa shape index (κ3) is 5.95. The molecule has 0 unspecified atom stereocenters. The topological polar surface area (TPSA) is 89.8 Å². The van der Waals surface area contributed by atoms with Gasteiger partial charge in [0.2, 0.25) is 5.96 Å². The van der Waals surface area contributed by atoms with Crippen LogP contribution in [-0.2, 0) is 13.0 Å². The van der Waals surface area contributed by atoms with E-state index in [1.807, 2.05) is 36.7 Å². The van der Waals surface area contributed by atoms with Gasteiger partial charge in [-0.3, -0.25) is 19.8 Å². The fraction of sp³-hybridized carbons (Fsp3) is 0.346. The maximum atomic E-state index is 12.9. The number of hydrogen-bond acceptors (Lipinski definition) is 5. The number of amides is 1. The highest BCUT2D eigenvalue weighted by molar-refractivity contribution is 6.10. The first-order valence-corrected chi connectivity index (χ1v) is 11.3. The van der Waals surface area contributed by atoms with Crippen molar-refractivity contribution in [2.75, 3.05) is 26.1 Å². The van der Waals surface area contributed by atoms with Crippen molar-refractivity contribution < 1.29 is 14.3 Å². The summed E-state index contributed by atoms with van der Waals surface area (Å²) in [5.74, 6) is 1.42. The number of anilines is 1. The summed E-state index contributed by atoms with van der Waals surface area (Å²) in [4.78, 5) is 17.6. The molecule has 0 aliphatic carbocycles. The molecule has 34 heavy (non-hydrogen) atoms. The molecule has 0 aliphatic heterocycles. The van der Waals surface area contributed by atoms with Crippen LogP contribution in [0.3, 0.4) is 0 Å². The molecule has 0 radical (unpaired) electrons. The predicted molar refractivity (Wildman–Crippen MR) is 135 cm³/mol. The van der Waals surface area contributed by atoms with E-state index in [1.165, 1.54) is 5.56 Å². The van der Waals surface area contributed by atoms with E-state index in [-0.39, 0.29) is 5.91 Å². The third-order valence-electron chi connectivity index (χ3n) is 5.65. The number of aliphatic imine (C=N–C) groups is 1. The van der Waals surface area contributed by atoms with Gasteiger partial charge in [-0.25, -0.2) is 0 Å². The Hall–Kier alpha value is -3.81. The van der Waals surface area contributed by atoms with Gasteiger partial charge in [-0.15, -0.1) is 0 Å². The quantitative estimate of drug-likeness (QED) is 0.384. The van der Waals surface area contributed by atoms with Gasteiger partial charge in [0.05, 0.1) is 25.6 Å². The van der Waals surface area contributed by atoms with Crippen molar-refractivity contribution in [3.05, 3.63) is 70.5 Å². The van der Waals surface area contributed by atoms with Crippen LogP contribution in [0.2, 0.25) is 0 Å². The second-order valence-electron chi connectivity index (χ2n) is 7.96. The van der Waals surface area contributed by atoms with Crippen molar-refractivity contribution in [1.29, 1.82) is 0 Å². The Morgan fingerprint density at radius 2 is 1.79 bits per heavy atom. The van der Waals surface area contributed by atoms with Gasteiger partial charge in [0.25, 0.3) is 5.91 Å². The number of benzene rings is 2. The molecular weight excluding hydrogens is 430 g/mol. The van der Waals surface area contributed by atoms with Crippen molar-refractivity contribution in [3.8, 4) is 11.5 Å². The number of hydrogen-bond donors (Lipinski definition) is 2. The van der Waals surface area contributed by atoms with Crippen LogP contribution in [0.15, 0.2) is 47.5 Å². The third-order valence-corrected chi connectivity index (χ3v) is 5.65. The van der Waals surface area contributed by atoms with E-state index < -0.39 is 0 Å². The Bertz CT molecular complexity index is 1170. The van der Waals surface area contributed by atoms with Crippen LogP contribution in [0.25, 0.3) is 0 Å². The minimum Gasteiger partial charge on any atom is -0.497 e. The van der Waals surface area contributed by atoms with Crippen LogP contribution in [-0.4, -0.2) is 42.4 Å². The van der Waals surface area contributed by atoms with Crippen LogP contribution < -0.4 is 20.1 Å². The zero-order valence-electron chi connectivity index (χ0n) is 20.7. The molecule has 8 nitrogen and oxygen atoms in total. The molecule has 0 bridgehead atoms. The number of guanidine groups is 1. The molecule has 0 atom stereocenters. The lowest BCUT2D eigenvalue weighted by Crippen LogP contribution is -2.36. The van der Waals surface area contributed by atoms with Gasteiger partial charge in [0.1, 0.15) is 11.5 Å². The lowest BCUT2D eigenvalue weighted by molar-refractivity contribution is 0.0977. The summed E-state index contributed by atoms with van der Waals surface area (Å²) in [6, 6.07) is 12.7. The summed E-state index contributed by atoms with van der Waals surface area (Å²) in [5, 5.41) is 10.7. The summed E-state index contributed by atoms with van der Waals surface area (Å²) in [6.45, 7) is 9.47. The van der Waals surface area contributed by atoms with Crippen molar-refractivity contribution in [2.45, 2.75) is 40.7 Å². The minimum absolute atomic E-state index is 0.272. The van der Waals surface area contributed by atoms with Gasteiger partial charge in [-0.2, -0.15) is 5.10 Å². The molecule has 1 aromatic heterocycles. The molecule has 1 heterocycles. The first kappa shape index (κ1) is 24.8. The van der Waals surface area contributed by atoms with Gasteiger partial charge in [-0.05, 0) is 81.6 Å².